The molecular formula is C9H7N3O. The standard InChI is InChI=1S/C9H7N3O/c1-12-9(13)7-4-2-3-6(5-10)8(7)11-12/h2-4,11H,1H3. The Morgan fingerprint density at radius 1 is 1.54 bits per heavy atom. The Kier molecular flexibility index (Phi) is 1.46. The van der Waals surface area contributed by atoms with Crippen LogP contribution >= 0.6 is 0 Å². The number of para-hydroxylation sites is 1. The second kappa shape index (κ2) is 2.49. The third-order valence-electron chi connectivity index (χ3n) is 2.00. The number of hydrogen-bond acceptors (Lipinski definition) is 2. The molecule has 0 aliphatic rings. The summed E-state index contributed by atoms with van der Waals surface area (Å²) in [5, 5.41) is 12.1. The smallest absolute Gasteiger partial charge is 0.274 e. The topological polar surface area (TPSA) is 61.6 Å². The van der Waals surface area contributed by atoms with Crippen molar-refractivity contribution in [3.63, 3.8) is 0 Å². The van der Waals surface area contributed by atoms with E-state index in [1.54, 1.807) is 25.2 Å². The first-order chi connectivity index (χ1) is 6.24. The van der Waals surface area contributed by atoms with Crippen LogP contribution < -0.4 is 5.56 Å². The molecule has 0 aliphatic carbocycles. The van der Waals surface area contributed by atoms with Crippen LogP contribution in [-0.4, -0.2) is 9.78 Å². The van der Waals surface area contributed by atoms with E-state index in [-0.39, 0.29) is 5.56 Å². The van der Waals surface area contributed by atoms with E-state index in [1.807, 2.05) is 6.07 Å². The number of H-pyrrole nitrogens is 1. The lowest BCUT2D eigenvalue weighted by Gasteiger charge is -1.89. The molecule has 4 nitrogen and oxygen atoms in total. The third-order valence-corrected chi connectivity index (χ3v) is 2.00. The fourth-order valence-corrected chi connectivity index (χ4v) is 1.34. The number of nitriles is 1. The quantitative estimate of drug-likeness (QED) is 0.638. The number of nitrogens with one attached hydrogen (secondary N) is 1. The molecule has 13 heavy (non-hydrogen) atoms. The minimum atomic E-state index is -0.105. The largest absolute Gasteiger partial charge is 0.294 e. The molecule has 0 saturated carbocycles. The average molecular weight is 173 g/mol. The van der Waals surface area contributed by atoms with Crippen LogP contribution in [-0.2, 0) is 7.05 Å². The summed E-state index contributed by atoms with van der Waals surface area (Å²) in [5.74, 6) is 0. The number of aromatic amines is 1. The van der Waals surface area contributed by atoms with Gasteiger partial charge in [0.2, 0.25) is 0 Å². The van der Waals surface area contributed by atoms with Gasteiger partial charge in [-0.15, -0.1) is 0 Å². The van der Waals surface area contributed by atoms with E-state index < -0.39 is 0 Å². The third kappa shape index (κ3) is 0.942. The summed E-state index contributed by atoms with van der Waals surface area (Å²) in [4.78, 5) is 11.4. The highest BCUT2D eigenvalue weighted by atomic mass is 16.1. The van der Waals surface area contributed by atoms with Crippen LogP contribution in [0, 0.1) is 11.3 Å². The molecule has 0 unspecified atom stereocenters. The Labute approximate surface area is 74.0 Å². The van der Waals surface area contributed by atoms with Crippen molar-refractivity contribution in [3.8, 4) is 6.07 Å². The van der Waals surface area contributed by atoms with Gasteiger partial charge in [0, 0.05) is 7.05 Å². The van der Waals surface area contributed by atoms with Gasteiger partial charge in [0.1, 0.15) is 6.07 Å². The van der Waals surface area contributed by atoms with Crippen LogP contribution in [0.4, 0.5) is 0 Å². The van der Waals surface area contributed by atoms with Crippen molar-refractivity contribution in [2.45, 2.75) is 0 Å². The molecule has 0 bridgehead atoms. The molecule has 64 valence electrons. The molecule has 1 aromatic heterocycles. The van der Waals surface area contributed by atoms with Crippen molar-refractivity contribution in [1.82, 2.24) is 9.78 Å². The van der Waals surface area contributed by atoms with Crippen molar-refractivity contribution in [2.24, 2.45) is 7.05 Å². The van der Waals surface area contributed by atoms with E-state index >= 15 is 0 Å². The van der Waals surface area contributed by atoms with Crippen LogP contribution in [0.3, 0.4) is 0 Å². The fourth-order valence-electron chi connectivity index (χ4n) is 1.34. The Morgan fingerprint density at radius 3 is 3.00 bits per heavy atom. The number of aromatic nitrogens is 2. The molecular weight excluding hydrogens is 166 g/mol. The Morgan fingerprint density at radius 2 is 2.31 bits per heavy atom. The van der Waals surface area contributed by atoms with Gasteiger partial charge in [0.15, 0.2) is 0 Å². The Hall–Kier alpha value is -2.02. The lowest BCUT2D eigenvalue weighted by atomic mass is 10.2. The minimum Gasteiger partial charge on any atom is -0.294 e. The summed E-state index contributed by atoms with van der Waals surface area (Å²) in [6.45, 7) is 0. The zero-order chi connectivity index (χ0) is 9.42. The van der Waals surface area contributed by atoms with Crippen LogP contribution in [0.1, 0.15) is 5.56 Å². The molecule has 1 N–H and O–H groups in total. The summed E-state index contributed by atoms with van der Waals surface area (Å²) in [7, 11) is 1.63. The van der Waals surface area contributed by atoms with Gasteiger partial charge in [0.25, 0.3) is 5.56 Å². The average Bonchev–Trinajstić information content (AvgIpc) is 2.43. The first kappa shape index (κ1) is 7.62. The van der Waals surface area contributed by atoms with Crippen molar-refractivity contribution in [2.75, 3.05) is 0 Å². The SMILES string of the molecule is Cn1[nH]c2c(C#N)cccc2c1=O. The van der Waals surface area contributed by atoms with Crippen molar-refractivity contribution < 1.29 is 0 Å². The molecule has 1 aromatic carbocycles. The summed E-state index contributed by atoms with van der Waals surface area (Å²) >= 11 is 0. The number of benzene rings is 1. The molecule has 0 saturated heterocycles. The summed E-state index contributed by atoms with van der Waals surface area (Å²) in [6.07, 6.45) is 0. The van der Waals surface area contributed by atoms with Gasteiger partial charge in [-0.2, -0.15) is 5.26 Å². The molecule has 2 aromatic rings. The van der Waals surface area contributed by atoms with Crippen LogP contribution in [0.5, 0.6) is 0 Å². The highest BCUT2D eigenvalue weighted by Crippen LogP contribution is 2.11. The fraction of sp³-hybridized carbons (Fsp3) is 0.111. The molecule has 0 fully saturated rings. The first-order valence-electron chi connectivity index (χ1n) is 3.82. The maximum atomic E-state index is 11.4. The normalized spacial score (nSPS) is 10.2. The molecule has 2 rings (SSSR count). The zero-order valence-corrected chi connectivity index (χ0v) is 7.03. The number of hydrogen-bond donors (Lipinski definition) is 1. The molecule has 0 spiro atoms. The van der Waals surface area contributed by atoms with Gasteiger partial charge < -0.3 is 0 Å². The van der Waals surface area contributed by atoms with Crippen molar-refractivity contribution >= 4 is 10.9 Å². The van der Waals surface area contributed by atoms with Crippen molar-refractivity contribution in [1.29, 1.82) is 5.26 Å². The lowest BCUT2D eigenvalue weighted by molar-refractivity contribution is 0.751. The number of nitrogens with zero attached hydrogens (tertiary/aromatic N) is 2. The van der Waals surface area contributed by atoms with Crippen molar-refractivity contribution in [3.05, 3.63) is 34.1 Å². The molecule has 0 amide bonds. The Bertz CT molecular complexity index is 556. The van der Waals surface area contributed by atoms with E-state index in [0.29, 0.717) is 16.5 Å². The maximum Gasteiger partial charge on any atom is 0.274 e. The monoisotopic (exact) mass is 173 g/mol. The molecule has 0 aliphatic heterocycles. The van der Waals surface area contributed by atoms with Gasteiger partial charge >= 0.3 is 0 Å². The summed E-state index contributed by atoms with van der Waals surface area (Å²) < 4.78 is 1.37. The zero-order valence-electron chi connectivity index (χ0n) is 7.03. The van der Waals surface area contributed by atoms with E-state index in [9.17, 15) is 4.79 Å². The van der Waals surface area contributed by atoms with Gasteiger partial charge in [-0.1, -0.05) is 6.07 Å². The first-order valence-corrected chi connectivity index (χ1v) is 3.82. The molecule has 0 atom stereocenters. The van der Waals surface area contributed by atoms with Crippen LogP contribution in [0.2, 0.25) is 0 Å². The maximum absolute atomic E-state index is 11.4. The van der Waals surface area contributed by atoms with E-state index in [0.717, 1.165) is 0 Å². The predicted molar refractivity (Wildman–Crippen MR) is 48.3 cm³/mol. The summed E-state index contributed by atoms with van der Waals surface area (Å²) in [6, 6.07) is 7.11. The minimum absolute atomic E-state index is 0.105. The second-order valence-corrected chi connectivity index (χ2v) is 2.82. The molecule has 1 heterocycles. The molecule has 4 heteroatoms. The number of rotatable bonds is 0. The number of fused-ring (bicyclic) bond motifs is 1. The number of aryl methyl sites for hydroxylation is 1. The van der Waals surface area contributed by atoms with E-state index in [4.69, 9.17) is 5.26 Å². The lowest BCUT2D eigenvalue weighted by Crippen LogP contribution is -2.10. The van der Waals surface area contributed by atoms with Gasteiger partial charge in [-0.25, -0.2) is 0 Å². The predicted octanol–water partition coefficient (Wildman–Crippen LogP) is 0.738. The van der Waals surface area contributed by atoms with E-state index in [2.05, 4.69) is 5.10 Å². The van der Waals surface area contributed by atoms with Crippen LogP contribution in [0.15, 0.2) is 23.0 Å². The molecule has 0 radical (unpaired) electrons. The van der Waals surface area contributed by atoms with Crippen LogP contribution in [0.25, 0.3) is 10.9 Å². The second-order valence-electron chi connectivity index (χ2n) is 2.82. The van der Waals surface area contributed by atoms with Gasteiger partial charge in [-0.3, -0.25) is 14.6 Å². The summed E-state index contributed by atoms with van der Waals surface area (Å²) in [5.41, 5.74) is 1.000. The Balaban J connectivity index is 3.03. The van der Waals surface area contributed by atoms with Gasteiger partial charge in [0.05, 0.1) is 16.5 Å². The highest BCUT2D eigenvalue weighted by Gasteiger charge is 2.06. The van der Waals surface area contributed by atoms with Gasteiger partial charge in [-0.05, 0) is 12.1 Å². The van der Waals surface area contributed by atoms with E-state index in [1.165, 1.54) is 4.68 Å². The highest BCUT2D eigenvalue weighted by molar-refractivity contribution is 5.83.